The molecule has 0 amide bonds. The fourth-order valence-electron chi connectivity index (χ4n) is 3.52. The molecule has 2 heteroatoms. The average molecular weight is 270 g/mol. The third-order valence-electron chi connectivity index (χ3n) is 4.84. The van der Waals surface area contributed by atoms with Crippen LogP contribution in [0.15, 0.2) is 30.5 Å². The van der Waals surface area contributed by atoms with Crippen molar-refractivity contribution < 1.29 is 0 Å². The van der Waals surface area contributed by atoms with Crippen LogP contribution < -0.4 is 5.73 Å². The van der Waals surface area contributed by atoms with Gasteiger partial charge in [-0.15, -0.1) is 0 Å². The summed E-state index contributed by atoms with van der Waals surface area (Å²) >= 11 is 0. The number of hydrogen-bond acceptors (Lipinski definition) is 1. The molecule has 0 aliphatic heterocycles. The number of aromatic nitrogens is 1. The van der Waals surface area contributed by atoms with Crippen molar-refractivity contribution in [2.75, 3.05) is 0 Å². The monoisotopic (exact) mass is 270 g/mol. The van der Waals surface area contributed by atoms with Gasteiger partial charge in [0.2, 0.25) is 0 Å². The molecule has 108 valence electrons. The van der Waals surface area contributed by atoms with E-state index in [-0.39, 0.29) is 6.04 Å². The molecule has 1 heterocycles. The van der Waals surface area contributed by atoms with Gasteiger partial charge in [-0.1, -0.05) is 31.9 Å². The summed E-state index contributed by atoms with van der Waals surface area (Å²) in [5, 5.41) is 1.40. The first-order chi connectivity index (χ1) is 9.78. The summed E-state index contributed by atoms with van der Waals surface area (Å²) in [5.74, 6) is 0.882. The minimum Gasteiger partial charge on any atom is -0.347 e. The fourth-order valence-corrected chi connectivity index (χ4v) is 3.52. The van der Waals surface area contributed by atoms with Gasteiger partial charge in [0.25, 0.3) is 0 Å². The van der Waals surface area contributed by atoms with Crippen molar-refractivity contribution in [3.05, 3.63) is 36.0 Å². The predicted octanol–water partition coefficient (Wildman–Crippen LogP) is 4.11. The van der Waals surface area contributed by atoms with E-state index in [2.05, 4.69) is 42.0 Å². The third-order valence-corrected chi connectivity index (χ3v) is 4.84. The molecule has 2 N–H and O–H groups in total. The van der Waals surface area contributed by atoms with Gasteiger partial charge in [0.1, 0.15) is 0 Å². The standard InChI is InChI=1S/C18H26N2/c1-2-16(19)12-15-8-5-9-18-17(15)10-11-20(18)13-14-6-3-4-7-14/h5,8-11,14,16H,2-4,6-7,12-13,19H2,1H3. The zero-order chi connectivity index (χ0) is 13.9. The second kappa shape index (κ2) is 6.01. The van der Waals surface area contributed by atoms with Crippen LogP contribution in [-0.2, 0) is 13.0 Å². The van der Waals surface area contributed by atoms with E-state index in [0.717, 1.165) is 18.8 Å². The van der Waals surface area contributed by atoms with E-state index >= 15 is 0 Å². The number of rotatable bonds is 5. The summed E-state index contributed by atoms with van der Waals surface area (Å²) in [6, 6.07) is 9.23. The van der Waals surface area contributed by atoms with Gasteiger partial charge in [0.05, 0.1) is 0 Å². The summed E-state index contributed by atoms with van der Waals surface area (Å²) in [6.45, 7) is 3.35. The average Bonchev–Trinajstić information content (AvgIpc) is 3.10. The van der Waals surface area contributed by atoms with E-state index in [1.165, 1.54) is 48.7 Å². The summed E-state index contributed by atoms with van der Waals surface area (Å²) in [4.78, 5) is 0. The Morgan fingerprint density at radius 1 is 1.25 bits per heavy atom. The molecule has 0 spiro atoms. The molecule has 1 saturated carbocycles. The second-order valence-corrected chi connectivity index (χ2v) is 6.34. The van der Waals surface area contributed by atoms with Crippen molar-refractivity contribution in [2.24, 2.45) is 11.7 Å². The van der Waals surface area contributed by atoms with Crippen molar-refractivity contribution in [3.8, 4) is 0 Å². The van der Waals surface area contributed by atoms with E-state index in [1.807, 2.05) is 0 Å². The van der Waals surface area contributed by atoms with Crippen molar-refractivity contribution in [2.45, 2.75) is 58.0 Å². The van der Waals surface area contributed by atoms with Crippen LogP contribution >= 0.6 is 0 Å². The Balaban J connectivity index is 1.86. The van der Waals surface area contributed by atoms with Crippen molar-refractivity contribution >= 4 is 10.9 Å². The topological polar surface area (TPSA) is 30.9 Å². The van der Waals surface area contributed by atoms with Gasteiger partial charge in [-0.05, 0) is 49.3 Å². The molecule has 0 radical (unpaired) electrons. The highest BCUT2D eigenvalue weighted by molar-refractivity contribution is 5.83. The molecule has 1 aliphatic carbocycles. The summed E-state index contributed by atoms with van der Waals surface area (Å²) in [6.07, 6.45) is 9.94. The lowest BCUT2D eigenvalue weighted by atomic mass is 10.0. The lowest BCUT2D eigenvalue weighted by molar-refractivity contribution is 0.466. The Morgan fingerprint density at radius 2 is 2.05 bits per heavy atom. The normalized spacial score (nSPS) is 17.9. The van der Waals surface area contributed by atoms with Crippen LogP contribution in [0.5, 0.6) is 0 Å². The highest BCUT2D eigenvalue weighted by atomic mass is 15.0. The third kappa shape index (κ3) is 2.76. The molecule has 0 bridgehead atoms. The number of nitrogens with zero attached hydrogens (tertiary/aromatic N) is 1. The van der Waals surface area contributed by atoms with E-state index in [9.17, 15) is 0 Å². The van der Waals surface area contributed by atoms with Gasteiger partial charge >= 0.3 is 0 Å². The first-order valence-corrected chi connectivity index (χ1v) is 8.10. The summed E-state index contributed by atoms with van der Waals surface area (Å²) in [5.41, 5.74) is 8.92. The Morgan fingerprint density at radius 3 is 2.80 bits per heavy atom. The first kappa shape index (κ1) is 13.7. The van der Waals surface area contributed by atoms with Crippen LogP contribution in [0.1, 0.15) is 44.6 Å². The maximum Gasteiger partial charge on any atom is 0.0483 e. The molecule has 20 heavy (non-hydrogen) atoms. The molecule has 0 saturated heterocycles. The van der Waals surface area contributed by atoms with E-state index in [0.29, 0.717) is 0 Å². The molecular weight excluding hydrogens is 244 g/mol. The number of fused-ring (bicyclic) bond motifs is 1. The van der Waals surface area contributed by atoms with Crippen LogP contribution in [0.2, 0.25) is 0 Å². The summed E-state index contributed by atoms with van der Waals surface area (Å²) < 4.78 is 2.45. The fraction of sp³-hybridized carbons (Fsp3) is 0.556. The Bertz CT molecular complexity index is 564. The van der Waals surface area contributed by atoms with Gasteiger partial charge in [-0.2, -0.15) is 0 Å². The van der Waals surface area contributed by atoms with Crippen LogP contribution in [-0.4, -0.2) is 10.6 Å². The summed E-state index contributed by atoms with van der Waals surface area (Å²) in [7, 11) is 0. The van der Waals surface area contributed by atoms with E-state index in [1.54, 1.807) is 0 Å². The van der Waals surface area contributed by atoms with E-state index < -0.39 is 0 Å². The molecule has 2 aromatic rings. The molecule has 2 nitrogen and oxygen atoms in total. The highest BCUT2D eigenvalue weighted by Crippen LogP contribution is 2.29. The SMILES string of the molecule is CCC(N)Cc1cccc2c1ccn2CC1CCCC1. The Labute approximate surface area is 122 Å². The van der Waals surface area contributed by atoms with Gasteiger partial charge in [0, 0.05) is 29.7 Å². The van der Waals surface area contributed by atoms with Gasteiger partial charge in [-0.3, -0.25) is 0 Å². The lowest BCUT2D eigenvalue weighted by Crippen LogP contribution is -2.21. The lowest BCUT2D eigenvalue weighted by Gasteiger charge is -2.13. The minimum absolute atomic E-state index is 0.277. The molecular formula is C18H26N2. The number of hydrogen-bond donors (Lipinski definition) is 1. The second-order valence-electron chi connectivity index (χ2n) is 6.34. The molecule has 1 unspecified atom stereocenters. The largest absolute Gasteiger partial charge is 0.347 e. The van der Waals surface area contributed by atoms with Gasteiger partial charge in [0.15, 0.2) is 0 Å². The molecule has 1 aromatic heterocycles. The number of nitrogens with two attached hydrogens (primary N) is 1. The van der Waals surface area contributed by atoms with Crippen LogP contribution in [0, 0.1) is 5.92 Å². The van der Waals surface area contributed by atoms with Gasteiger partial charge < -0.3 is 10.3 Å². The van der Waals surface area contributed by atoms with E-state index in [4.69, 9.17) is 5.73 Å². The Hall–Kier alpha value is -1.28. The van der Waals surface area contributed by atoms with Crippen LogP contribution in [0.4, 0.5) is 0 Å². The van der Waals surface area contributed by atoms with Crippen LogP contribution in [0.25, 0.3) is 10.9 Å². The van der Waals surface area contributed by atoms with Crippen molar-refractivity contribution in [1.82, 2.24) is 4.57 Å². The molecule has 1 aromatic carbocycles. The highest BCUT2D eigenvalue weighted by Gasteiger charge is 2.16. The molecule has 3 rings (SSSR count). The van der Waals surface area contributed by atoms with Gasteiger partial charge in [-0.25, -0.2) is 0 Å². The smallest absolute Gasteiger partial charge is 0.0483 e. The predicted molar refractivity (Wildman–Crippen MR) is 85.9 cm³/mol. The maximum absolute atomic E-state index is 6.13. The Kier molecular flexibility index (Phi) is 4.11. The maximum atomic E-state index is 6.13. The van der Waals surface area contributed by atoms with Crippen LogP contribution in [0.3, 0.4) is 0 Å². The van der Waals surface area contributed by atoms with Crippen molar-refractivity contribution in [3.63, 3.8) is 0 Å². The minimum atomic E-state index is 0.277. The molecule has 1 fully saturated rings. The number of benzene rings is 1. The molecule has 1 atom stereocenters. The van der Waals surface area contributed by atoms with Crippen molar-refractivity contribution in [1.29, 1.82) is 0 Å². The first-order valence-electron chi connectivity index (χ1n) is 8.10. The molecule has 1 aliphatic rings. The quantitative estimate of drug-likeness (QED) is 0.871. The zero-order valence-corrected chi connectivity index (χ0v) is 12.5. The zero-order valence-electron chi connectivity index (χ0n) is 12.5.